The van der Waals surface area contributed by atoms with Crippen molar-refractivity contribution in [3.63, 3.8) is 0 Å². The van der Waals surface area contributed by atoms with Crippen molar-refractivity contribution < 1.29 is 22.9 Å². The van der Waals surface area contributed by atoms with Gasteiger partial charge in [0, 0.05) is 86.1 Å². The van der Waals surface area contributed by atoms with E-state index in [2.05, 4.69) is 55.6 Å². The number of ether oxygens (including phenoxy) is 1. The number of hydrogen-bond acceptors (Lipinski definition) is 11. The number of likely N-dealkylation sites (tertiary alicyclic amines) is 1. The van der Waals surface area contributed by atoms with E-state index in [0.29, 0.717) is 22.2 Å². The second-order valence-corrected chi connectivity index (χ2v) is 22.3. The van der Waals surface area contributed by atoms with E-state index < -0.39 is 25.7 Å². The van der Waals surface area contributed by atoms with Crippen molar-refractivity contribution in [1.29, 1.82) is 0 Å². The van der Waals surface area contributed by atoms with Gasteiger partial charge in [-0.15, -0.1) is 11.6 Å². The van der Waals surface area contributed by atoms with Crippen LogP contribution in [0, 0.1) is 26.4 Å². The molecule has 2 aromatic carbocycles. The van der Waals surface area contributed by atoms with Crippen molar-refractivity contribution in [2.75, 3.05) is 63.1 Å². The summed E-state index contributed by atoms with van der Waals surface area (Å²) in [6.07, 6.45) is 12.0. The molecule has 61 heavy (non-hydrogen) atoms. The second kappa shape index (κ2) is 14.4. The van der Waals surface area contributed by atoms with Crippen molar-refractivity contribution in [2.45, 2.75) is 81.0 Å². The first-order valence-electron chi connectivity index (χ1n) is 21.4. The van der Waals surface area contributed by atoms with Gasteiger partial charge in [-0.25, -0.2) is 18.1 Å². The quantitative estimate of drug-likeness (QED) is 0.0554. The number of halogens is 1. The number of benzene rings is 2. The van der Waals surface area contributed by atoms with Crippen LogP contribution in [0.1, 0.15) is 75.6 Å². The molecule has 0 atom stereocenters. The Hall–Kier alpha value is -4.70. The number of nitrogens with one attached hydrogen (secondary N) is 3. The van der Waals surface area contributed by atoms with Crippen LogP contribution in [0.3, 0.4) is 0 Å². The third kappa shape index (κ3) is 7.54. The SMILES string of the molecule is CN1CC2(CC(Nc3ccc(S(=O)(=O)NC(=O)c4ccc(N5CCN(CC6=C(C78CC(Cl)(C7)C8)CC(C)(C)CC6)CC5)cc4Oc4cnc5[nH]ccc5c4)cc3[N+](=O)[O-])C2)C1. The number of nitrogens with zero attached hydrogens (tertiary/aromatic N) is 5. The fraction of sp³-hybridized carbons (Fsp3) is 0.511. The van der Waals surface area contributed by atoms with Crippen molar-refractivity contribution >= 4 is 55.6 Å². The molecule has 3 N–H and O–H groups in total. The number of amides is 1. The van der Waals surface area contributed by atoms with Gasteiger partial charge in [-0.2, -0.15) is 0 Å². The minimum absolute atomic E-state index is 0.0134. The Morgan fingerprint density at radius 2 is 1.80 bits per heavy atom. The summed E-state index contributed by atoms with van der Waals surface area (Å²) in [5, 5.41) is 16.2. The van der Waals surface area contributed by atoms with E-state index in [1.54, 1.807) is 41.7 Å². The van der Waals surface area contributed by atoms with Crippen molar-refractivity contribution in [3.05, 3.63) is 87.7 Å². The zero-order chi connectivity index (χ0) is 42.5. The van der Waals surface area contributed by atoms with Crippen LogP contribution in [0.5, 0.6) is 11.5 Å². The number of nitro groups is 1. The number of sulfonamides is 1. The zero-order valence-corrected chi connectivity index (χ0v) is 36.5. The van der Waals surface area contributed by atoms with Crippen molar-refractivity contribution in [2.24, 2.45) is 16.2 Å². The Kier molecular flexibility index (Phi) is 9.55. The molecule has 4 heterocycles. The van der Waals surface area contributed by atoms with Crippen LogP contribution in [0.15, 0.2) is 77.0 Å². The number of alkyl halides is 1. The molecule has 0 radical (unpaired) electrons. The summed E-state index contributed by atoms with van der Waals surface area (Å²) in [6.45, 7) is 11.1. The van der Waals surface area contributed by atoms with Gasteiger partial charge in [0.2, 0.25) is 0 Å². The normalized spacial score (nSPS) is 25.9. The molecule has 6 fully saturated rings. The average Bonchev–Trinajstić information content (AvgIpc) is 3.64. The molecule has 2 aliphatic heterocycles. The Labute approximate surface area is 361 Å². The number of hydrogen-bond donors (Lipinski definition) is 3. The molecule has 5 aliphatic carbocycles. The van der Waals surface area contributed by atoms with E-state index in [9.17, 15) is 23.3 Å². The van der Waals surface area contributed by atoms with E-state index in [0.717, 1.165) is 108 Å². The Morgan fingerprint density at radius 3 is 2.51 bits per heavy atom. The summed E-state index contributed by atoms with van der Waals surface area (Å²) >= 11 is 6.75. The lowest BCUT2D eigenvalue weighted by Gasteiger charge is -2.70. The molecular weight excluding hydrogens is 816 g/mol. The summed E-state index contributed by atoms with van der Waals surface area (Å²) < 4.78 is 35.9. The molecule has 16 heteroatoms. The molecule has 14 nitrogen and oxygen atoms in total. The number of carbonyl (C=O) groups is 1. The van der Waals surface area contributed by atoms with Gasteiger partial charge in [-0.1, -0.05) is 25.0 Å². The number of allylic oxidation sites excluding steroid dienone is 1. The maximum absolute atomic E-state index is 13.9. The third-order valence-electron chi connectivity index (χ3n) is 14.4. The standard InChI is InChI=1S/C45H53ClN8O6S/c1-42(2)10-8-30(36(21-42)44-24-45(46,25-44)26-44)23-52-12-14-53(15-13-52)32-4-6-35(39(17-32)60-33-16-29-9-11-47-40(29)48-22-33)41(55)50-61(58,59)34-5-7-37(38(18-34)54(56)57)49-31-19-43(20-31)27-51(3)28-43/h4-7,9,11,16-18,22,31,49H,8,10,12-15,19-21,23-28H2,1-3H3,(H,47,48)(H,50,55). The summed E-state index contributed by atoms with van der Waals surface area (Å²) in [5.74, 6) is -0.406. The van der Waals surface area contributed by atoms with Crippen LogP contribution in [-0.2, 0) is 10.0 Å². The second-order valence-electron chi connectivity index (χ2n) is 19.8. The molecule has 2 aromatic heterocycles. The van der Waals surface area contributed by atoms with E-state index in [1.165, 1.54) is 18.6 Å². The number of nitro benzene ring substituents is 1. The van der Waals surface area contributed by atoms with Crippen LogP contribution >= 0.6 is 11.6 Å². The molecule has 4 saturated carbocycles. The Bertz CT molecular complexity index is 2570. The molecule has 0 unspecified atom stereocenters. The van der Waals surface area contributed by atoms with E-state index in [1.807, 2.05) is 12.1 Å². The minimum Gasteiger partial charge on any atom is -0.455 e. The summed E-state index contributed by atoms with van der Waals surface area (Å²) in [7, 11) is -2.46. The van der Waals surface area contributed by atoms with Gasteiger partial charge in [0.1, 0.15) is 22.8 Å². The van der Waals surface area contributed by atoms with Crippen LogP contribution in [0.4, 0.5) is 17.1 Å². The number of carbonyl (C=O) groups excluding carboxylic acids is 1. The lowest BCUT2D eigenvalue weighted by molar-refractivity contribution is -0.384. The average molecular weight is 869 g/mol. The number of H-pyrrole nitrogens is 1. The Balaban J connectivity index is 0.857. The molecule has 2 saturated heterocycles. The largest absolute Gasteiger partial charge is 0.455 e. The van der Waals surface area contributed by atoms with Crippen LogP contribution in [-0.4, -0.2) is 103 Å². The predicted octanol–water partition coefficient (Wildman–Crippen LogP) is 7.68. The monoisotopic (exact) mass is 868 g/mol. The lowest BCUT2D eigenvalue weighted by Crippen LogP contribution is -2.65. The lowest BCUT2D eigenvalue weighted by atomic mass is 9.39. The van der Waals surface area contributed by atoms with Gasteiger partial charge < -0.3 is 24.8 Å². The first kappa shape index (κ1) is 40.4. The van der Waals surface area contributed by atoms with Gasteiger partial charge in [0.15, 0.2) is 0 Å². The van der Waals surface area contributed by atoms with Crippen LogP contribution < -0.4 is 19.7 Å². The highest BCUT2D eigenvalue weighted by Gasteiger charge is 2.69. The van der Waals surface area contributed by atoms with E-state index in [-0.39, 0.29) is 39.0 Å². The van der Waals surface area contributed by atoms with E-state index in [4.69, 9.17) is 16.3 Å². The molecule has 2 bridgehead atoms. The summed E-state index contributed by atoms with van der Waals surface area (Å²) in [5.41, 5.74) is 5.58. The first-order chi connectivity index (χ1) is 29.0. The van der Waals surface area contributed by atoms with E-state index >= 15 is 0 Å². The number of fused-ring (bicyclic) bond motifs is 1. The number of anilines is 2. The van der Waals surface area contributed by atoms with Gasteiger partial charge in [0.05, 0.1) is 21.6 Å². The number of piperazine rings is 1. The van der Waals surface area contributed by atoms with Crippen LogP contribution in [0.25, 0.3) is 11.0 Å². The van der Waals surface area contributed by atoms with Gasteiger partial charge >= 0.3 is 0 Å². The molecular formula is C45H53ClN8O6S. The van der Waals surface area contributed by atoms with Crippen molar-refractivity contribution in [1.82, 2.24) is 24.5 Å². The van der Waals surface area contributed by atoms with Gasteiger partial charge in [-0.3, -0.25) is 19.8 Å². The first-order valence-corrected chi connectivity index (χ1v) is 23.3. The highest BCUT2D eigenvalue weighted by molar-refractivity contribution is 7.90. The molecule has 1 amide bonds. The van der Waals surface area contributed by atoms with Crippen molar-refractivity contribution in [3.8, 4) is 11.5 Å². The van der Waals surface area contributed by atoms with Gasteiger partial charge in [-0.05, 0) is 111 Å². The predicted molar refractivity (Wildman–Crippen MR) is 235 cm³/mol. The maximum atomic E-state index is 13.9. The Morgan fingerprint density at radius 1 is 1.05 bits per heavy atom. The molecule has 1 spiro atoms. The number of pyridine rings is 1. The fourth-order valence-corrected chi connectivity index (χ4v) is 13.2. The van der Waals surface area contributed by atoms with Crippen LogP contribution in [0.2, 0.25) is 0 Å². The molecule has 7 aliphatic rings. The number of aromatic amines is 1. The summed E-state index contributed by atoms with van der Waals surface area (Å²) in [4.78, 5) is 39.7. The van der Waals surface area contributed by atoms with Gasteiger partial charge in [0.25, 0.3) is 21.6 Å². The highest BCUT2D eigenvalue weighted by atomic mass is 35.5. The maximum Gasteiger partial charge on any atom is 0.293 e. The zero-order valence-electron chi connectivity index (χ0n) is 34.9. The minimum atomic E-state index is -4.53. The summed E-state index contributed by atoms with van der Waals surface area (Å²) in [6, 6.07) is 12.5. The number of aromatic nitrogens is 2. The molecule has 322 valence electrons. The molecule has 11 rings (SSSR count). The highest BCUT2D eigenvalue weighted by Crippen LogP contribution is 2.75. The third-order valence-corrected chi connectivity index (χ3v) is 16.1. The smallest absolute Gasteiger partial charge is 0.293 e. The topological polar surface area (TPSA) is 166 Å². The number of rotatable bonds is 12. The fourth-order valence-electron chi connectivity index (χ4n) is 11.4. The molecule has 4 aromatic rings.